The molecule has 0 aromatic rings. The first kappa shape index (κ1) is 36.2. The Labute approximate surface area is 219 Å². The fraction of sp³-hybridized carbons (Fsp3) is 1.00. The molecule has 0 aromatic carbocycles. The van der Waals surface area contributed by atoms with Gasteiger partial charge in [-0.25, -0.2) is 0 Å². The SMILES string of the molecule is CCCCCCCCCCCCCCCCCCOCCCOC(CCCN)(P(=O)(O)O)P(=O)(O)O. The average molecular weight is 560 g/mol. The van der Waals surface area contributed by atoms with Gasteiger partial charge >= 0.3 is 15.2 Å². The van der Waals surface area contributed by atoms with Crippen molar-refractivity contribution >= 4 is 15.2 Å². The maximum atomic E-state index is 11.9. The highest BCUT2D eigenvalue weighted by Gasteiger charge is 2.61. The molecular formula is C25H55NO8P2. The molecule has 0 rings (SSSR count). The van der Waals surface area contributed by atoms with Gasteiger partial charge in [0.1, 0.15) is 0 Å². The van der Waals surface area contributed by atoms with Crippen molar-refractivity contribution in [3.63, 3.8) is 0 Å². The largest absolute Gasteiger partial charge is 0.381 e. The van der Waals surface area contributed by atoms with Gasteiger partial charge in [0.05, 0.1) is 6.61 Å². The van der Waals surface area contributed by atoms with E-state index in [9.17, 15) is 28.7 Å². The van der Waals surface area contributed by atoms with Crippen LogP contribution in [0.1, 0.15) is 129 Å². The molecule has 0 unspecified atom stereocenters. The summed E-state index contributed by atoms with van der Waals surface area (Å²) in [4.78, 5) is 38.3. The van der Waals surface area contributed by atoms with Crippen LogP contribution < -0.4 is 5.73 Å². The van der Waals surface area contributed by atoms with Gasteiger partial charge in [-0.1, -0.05) is 103 Å². The second-order valence-electron chi connectivity index (χ2n) is 9.84. The molecule has 0 amide bonds. The van der Waals surface area contributed by atoms with Crippen LogP contribution in [-0.2, 0) is 18.6 Å². The van der Waals surface area contributed by atoms with Gasteiger partial charge in [-0.2, -0.15) is 0 Å². The second-order valence-corrected chi connectivity index (χ2v) is 13.8. The molecule has 0 atom stereocenters. The van der Waals surface area contributed by atoms with Crippen molar-refractivity contribution in [3.8, 4) is 0 Å². The third-order valence-corrected chi connectivity index (χ3v) is 10.6. The average Bonchev–Trinajstić information content (AvgIpc) is 2.80. The summed E-state index contributed by atoms with van der Waals surface area (Å²) in [5.74, 6) is 0. The Bertz CT molecular complexity index is 575. The van der Waals surface area contributed by atoms with E-state index in [1.807, 2.05) is 0 Å². The molecular weight excluding hydrogens is 504 g/mol. The second kappa shape index (κ2) is 22.0. The van der Waals surface area contributed by atoms with Crippen LogP contribution in [0.4, 0.5) is 0 Å². The lowest BCUT2D eigenvalue weighted by Gasteiger charge is -2.34. The minimum absolute atomic E-state index is 0.0198. The maximum Gasteiger partial charge on any atom is 0.369 e. The molecule has 0 radical (unpaired) electrons. The Balaban J connectivity index is 3.67. The number of nitrogens with two attached hydrogens (primary N) is 1. The highest BCUT2D eigenvalue weighted by atomic mass is 31.2. The van der Waals surface area contributed by atoms with E-state index in [-0.39, 0.29) is 26.0 Å². The Hall–Kier alpha value is 0.180. The van der Waals surface area contributed by atoms with Crippen LogP contribution in [0, 0.1) is 0 Å². The van der Waals surface area contributed by atoms with Crippen molar-refractivity contribution in [2.75, 3.05) is 26.4 Å². The topological polar surface area (TPSA) is 160 Å². The Morgan fingerprint density at radius 3 is 1.36 bits per heavy atom. The standard InChI is InChI=1S/C25H55NO8P2/c1-2-3-4-5-6-7-8-9-10-11-12-13-14-15-16-17-22-33-23-19-24-34-25(20-18-21-26,35(27,28)29)36(30,31)32/h2-24,26H2,1H3,(H2,27,28,29)(H2,30,31,32). The summed E-state index contributed by atoms with van der Waals surface area (Å²) in [6.45, 7) is 2.96. The van der Waals surface area contributed by atoms with E-state index in [2.05, 4.69) is 6.92 Å². The smallest absolute Gasteiger partial charge is 0.369 e. The van der Waals surface area contributed by atoms with E-state index in [0.29, 0.717) is 13.2 Å². The zero-order valence-corrected chi connectivity index (χ0v) is 24.4. The quantitative estimate of drug-likeness (QED) is 0.0565. The third kappa shape index (κ3) is 16.9. The van der Waals surface area contributed by atoms with Crippen LogP contribution in [-0.4, -0.2) is 51.0 Å². The van der Waals surface area contributed by atoms with E-state index >= 15 is 0 Å². The maximum absolute atomic E-state index is 11.9. The summed E-state index contributed by atoms with van der Waals surface area (Å²) in [5, 5.41) is -2.84. The molecule has 9 nitrogen and oxygen atoms in total. The Kier molecular flexibility index (Phi) is 22.2. The third-order valence-electron chi connectivity index (χ3n) is 6.53. The summed E-state index contributed by atoms with van der Waals surface area (Å²) in [5.41, 5.74) is 5.35. The van der Waals surface area contributed by atoms with Gasteiger partial charge in [-0.15, -0.1) is 0 Å². The molecule has 0 spiro atoms. The lowest BCUT2D eigenvalue weighted by Crippen LogP contribution is -2.34. The molecule has 0 aromatic heterocycles. The first-order valence-corrected chi connectivity index (χ1v) is 17.4. The molecule has 0 saturated carbocycles. The number of hydrogen-bond acceptors (Lipinski definition) is 5. The van der Waals surface area contributed by atoms with Gasteiger partial charge in [0.25, 0.3) is 5.08 Å². The van der Waals surface area contributed by atoms with E-state index in [4.69, 9.17) is 15.2 Å². The summed E-state index contributed by atoms with van der Waals surface area (Å²) in [6.07, 6.45) is 20.7. The molecule has 0 aliphatic carbocycles. The summed E-state index contributed by atoms with van der Waals surface area (Å²) in [7, 11) is -10.5. The zero-order chi connectivity index (χ0) is 27.2. The molecule has 36 heavy (non-hydrogen) atoms. The molecule has 218 valence electrons. The number of rotatable bonds is 27. The summed E-state index contributed by atoms with van der Waals surface area (Å²) in [6, 6.07) is 0. The van der Waals surface area contributed by atoms with E-state index in [0.717, 1.165) is 12.8 Å². The molecule has 0 heterocycles. The molecule has 0 aliphatic rings. The van der Waals surface area contributed by atoms with E-state index in [1.165, 1.54) is 89.9 Å². The van der Waals surface area contributed by atoms with Crippen molar-refractivity contribution in [1.82, 2.24) is 0 Å². The van der Waals surface area contributed by atoms with Gasteiger partial charge in [0.15, 0.2) is 0 Å². The molecule has 0 saturated heterocycles. The highest BCUT2D eigenvalue weighted by molar-refractivity contribution is 7.72. The highest BCUT2D eigenvalue weighted by Crippen LogP contribution is 2.71. The van der Waals surface area contributed by atoms with Crippen molar-refractivity contribution < 1.29 is 38.2 Å². The van der Waals surface area contributed by atoms with Crippen LogP contribution in [0.5, 0.6) is 0 Å². The Morgan fingerprint density at radius 2 is 0.972 bits per heavy atom. The lowest BCUT2D eigenvalue weighted by molar-refractivity contribution is 0.0157. The summed E-state index contributed by atoms with van der Waals surface area (Å²) < 4.78 is 34.4. The van der Waals surface area contributed by atoms with E-state index < -0.39 is 26.7 Å². The monoisotopic (exact) mass is 559 g/mol. The molecule has 0 aliphatic heterocycles. The minimum atomic E-state index is -5.24. The molecule has 0 fully saturated rings. The van der Waals surface area contributed by atoms with Crippen molar-refractivity contribution in [2.24, 2.45) is 5.73 Å². The van der Waals surface area contributed by atoms with Gasteiger partial charge in [0, 0.05) is 19.6 Å². The van der Waals surface area contributed by atoms with Crippen LogP contribution in [0.2, 0.25) is 0 Å². The molecule has 6 N–H and O–H groups in total. The van der Waals surface area contributed by atoms with Crippen LogP contribution in [0.25, 0.3) is 0 Å². The Morgan fingerprint density at radius 1 is 0.583 bits per heavy atom. The number of hydrogen-bond donors (Lipinski definition) is 5. The van der Waals surface area contributed by atoms with Gasteiger partial charge in [-0.05, 0) is 25.8 Å². The van der Waals surface area contributed by atoms with Crippen LogP contribution >= 0.6 is 15.2 Å². The van der Waals surface area contributed by atoms with Crippen molar-refractivity contribution in [2.45, 2.75) is 134 Å². The lowest BCUT2D eigenvalue weighted by atomic mass is 10.0. The van der Waals surface area contributed by atoms with Gasteiger partial charge < -0.3 is 34.8 Å². The first-order valence-electron chi connectivity index (χ1n) is 14.2. The van der Waals surface area contributed by atoms with Crippen LogP contribution in [0.3, 0.4) is 0 Å². The molecule has 0 bridgehead atoms. The minimum Gasteiger partial charge on any atom is -0.381 e. The number of unbranched alkanes of at least 4 members (excludes halogenated alkanes) is 15. The van der Waals surface area contributed by atoms with Gasteiger partial charge in [0.2, 0.25) is 0 Å². The van der Waals surface area contributed by atoms with Crippen molar-refractivity contribution in [3.05, 3.63) is 0 Å². The predicted molar refractivity (Wildman–Crippen MR) is 146 cm³/mol. The zero-order valence-electron chi connectivity index (χ0n) is 22.7. The first-order chi connectivity index (χ1) is 17.1. The van der Waals surface area contributed by atoms with E-state index in [1.54, 1.807) is 0 Å². The van der Waals surface area contributed by atoms with Crippen LogP contribution in [0.15, 0.2) is 0 Å². The number of ether oxygens (including phenoxy) is 2. The normalized spacial score (nSPS) is 12.9. The molecule has 11 heteroatoms. The van der Waals surface area contributed by atoms with Crippen molar-refractivity contribution in [1.29, 1.82) is 0 Å². The van der Waals surface area contributed by atoms with Gasteiger partial charge in [-0.3, -0.25) is 9.13 Å². The predicted octanol–water partition coefficient (Wildman–Crippen LogP) is 6.42. The summed E-state index contributed by atoms with van der Waals surface area (Å²) >= 11 is 0. The fourth-order valence-electron chi connectivity index (χ4n) is 4.28. The fourth-order valence-corrected chi connectivity index (χ4v) is 7.06.